The van der Waals surface area contributed by atoms with Crippen LogP contribution < -0.4 is 9.47 Å². The largest absolute Gasteiger partial charge is 0.496 e. The quantitative estimate of drug-likeness (QED) is 0.605. The molecule has 0 spiro atoms. The Morgan fingerprint density at radius 2 is 1.10 bits per heavy atom. The van der Waals surface area contributed by atoms with Crippen molar-refractivity contribution in [1.29, 1.82) is 0 Å². The predicted octanol–water partition coefficient (Wildman–Crippen LogP) is 5.46. The van der Waals surface area contributed by atoms with E-state index in [1.807, 2.05) is 0 Å². The van der Waals surface area contributed by atoms with Crippen LogP contribution in [0.1, 0.15) is 11.1 Å². The van der Waals surface area contributed by atoms with Crippen molar-refractivity contribution < 1.29 is 9.47 Å². The number of ether oxygens (including phenoxy) is 2. The summed E-state index contributed by atoms with van der Waals surface area (Å²) in [5, 5.41) is 0.176. The molecule has 0 saturated carbocycles. The van der Waals surface area contributed by atoms with Gasteiger partial charge in [0.25, 0.3) is 0 Å². The monoisotopic (exact) mass is 406 g/mol. The van der Waals surface area contributed by atoms with Crippen LogP contribution in [-0.2, 0) is 9.75 Å². The normalized spacial score (nSPS) is 32.4. The number of halogens is 6. The number of hydrogen-bond donors (Lipinski definition) is 0. The van der Waals surface area contributed by atoms with Crippen LogP contribution in [0, 0.1) is 0 Å². The van der Waals surface area contributed by atoms with Gasteiger partial charge in [-0.25, -0.2) is 0 Å². The zero-order valence-electron chi connectivity index (χ0n) is 10.7. The summed E-state index contributed by atoms with van der Waals surface area (Å²) in [5.74, 6) is 0.910. The first-order valence-corrected chi connectivity index (χ1v) is 8.04. The minimum Gasteiger partial charge on any atom is -0.496 e. The Bertz CT molecular complexity index is 630. The van der Waals surface area contributed by atoms with E-state index in [2.05, 4.69) is 0 Å². The van der Waals surface area contributed by atoms with E-state index in [-0.39, 0.29) is 10.1 Å². The van der Waals surface area contributed by atoms with Crippen LogP contribution in [0.4, 0.5) is 0 Å². The molecule has 2 nitrogen and oxygen atoms in total. The highest BCUT2D eigenvalue weighted by atomic mass is 35.5. The van der Waals surface area contributed by atoms with Crippen molar-refractivity contribution in [3.63, 3.8) is 0 Å². The molecule has 0 amide bonds. The second-order valence-corrected chi connectivity index (χ2v) is 7.96. The van der Waals surface area contributed by atoms with Crippen LogP contribution in [0.15, 0.2) is 22.2 Å². The van der Waals surface area contributed by atoms with Gasteiger partial charge in [0.2, 0.25) is 0 Å². The Kier molecular flexibility index (Phi) is 3.58. The summed E-state index contributed by atoms with van der Waals surface area (Å²) < 4.78 is 9.02. The molecule has 114 valence electrons. The molecule has 0 radical (unpaired) electrons. The van der Waals surface area contributed by atoms with Crippen molar-refractivity contribution in [3.8, 4) is 11.5 Å². The second kappa shape index (κ2) is 4.66. The summed E-state index contributed by atoms with van der Waals surface area (Å²) in [4.78, 5) is -3.02. The summed E-state index contributed by atoms with van der Waals surface area (Å²) in [7, 11) is 3.00. The molecule has 8 heteroatoms. The number of allylic oxidation sites excluding steroid dienone is 2. The number of alkyl halides is 4. The maximum Gasteiger partial charge on any atom is 0.174 e. The Labute approximate surface area is 151 Å². The number of rotatable bonds is 2. The van der Waals surface area contributed by atoms with Crippen LogP contribution >= 0.6 is 69.6 Å². The van der Waals surface area contributed by atoms with Gasteiger partial charge in [-0.2, -0.15) is 0 Å². The van der Waals surface area contributed by atoms with Gasteiger partial charge in [-0.1, -0.05) is 46.4 Å². The molecule has 2 aliphatic carbocycles. The highest BCUT2D eigenvalue weighted by Gasteiger charge is 2.79. The molecule has 0 saturated heterocycles. The van der Waals surface area contributed by atoms with Gasteiger partial charge in [0.1, 0.15) is 21.2 Å². The molecule has 0 N–H and O–H groups in total. The van der Waals surface area contributed by atoms with Crippen molar-refractivity contribution in [1.82, 2.24) is 0 Å². The summed E-state index contributed by atoms with van der Waals surface area (Å²) in [5.41, 5.74) is 0.945. The van der Waals surface area contributed by atoms with E-state index in [1.165, 1.54) is 14.2 Å². The highest BCUT2D eigenvalue weighted by molar-refractivity contribution is 6.65. The van der Waals surface area contributed by atoms with Gasteiger partial charge in [0, 0.05) is 11.1 Å². The minimum absolute atomic E-state index is 0.0879. The van der Waals surface area contributed by atoms with Crippen molar-refractivity contribution in [2.45, 2.75) is 14.1 Å². The SMILES string of the molecule is COc1ccc(OC)c2c1[C@]1(Cl)C(Cl)=C(Cl)[C@]2(Cl)C1(Cl)Cl. The Balaban J connectivity index is 2.51. The van der Waals surface area contributed by atoms with E-state index in [0.29, 0.717) is 22.6 Å². The molecule has 2 bridgehead atoms. The number of fused-ring (bicyclic) bond motifs is 5. The van der Waals surface area contributed by atoms with Gasteiger partial charge >= 0.3 is 0 Å². The molecule has 0 unspecified atom stereocenters. The smallest absolute Gasteiger partial charge is 0.174 e. The Morgan fingerprint density at radius 1 is 0.762 bits per heavy atom. The van der Waals surface area contributed by atoms with Crippen LogP contribution in [-0.4, -0.2) is 18.6 Å². The fourth-order valence-corrected chi connectivity index (χ4v) is 5.64. The third-order valence-electron chi connectivity index (χ3n) is 3.92. The second-order valence-electron chi connectivity index (χ2n) is 4.74. The molecule has 0 fully saturated rings. The topological polar surface area (TPSA) is 18.5 Å². The lowest BCUT2D eigenvalue weighted by atomic mass is 9.93. The molecule has 2 atom stereocenters. The average Bonchev–Trinajstić information content (AvgIpc) is 2.67. The van der Waals surface area contributed by atoms with E-state index < -0.39 is 14.1 Å². The summed E-state index contributed by atoms with van der Waals surface area (Å²) in [6.07, 6.45) is 0. The molecule has 0 aliphatic heterocycles. The fourth-order valence-electron chi connectivity index (χ4n) is 2.94. The van der Waals surface area contributed by atoms with E-state index in [1.54, 1.807) is 12.1 Å². The lowest BCUT2D eigenvalue weighted by Crippen LogP contribution is -2.39. The van der Waals surface area contributed by atoms with E-state index >= 15 is 0 Å². The van der Waals surface area contributed by atoms with E-state index in [0.717, 1.165) is 0 Å². The molecular formula is C13H8Cl6O2. The van der Waals surface area contributed by atoms with Gasteiger partial charge in [0.15, 0.2) is 4.33 Å². The highest BCUT2D eigenvalue weighted by Crippen LogP contribution is 2.79. The summed E-state index contributed by atoms with van der Waals surface area (Å²) >= 11 is 39.0. The summed E-state index contributed by atoms with van der Waals surface area (Å²) in [6, 6.07) is 3.37. The molecule has 3 rings (SSSR count). The van der Waals surface area contributed by atoms with Crippen LogP contribution in [0.2, 0.25) is 0 Å². The Hall–Kier alpha value is 0.300. The molecule has 1 aromatic carbocycles. The lowest BCUT2D eigenvalue weighted by Gasteiger charge is -2.31. The third kappa shape index (κ3) is 1.50. The van der Waals surface area contributed by atoms with Crippen LogP contribution in [0.5, 0.6) is 11.5 Å². The van der Waals surface area contributed by atoms with Gasteiger partial charge in [-0.05, 0) is 12.1 Å². The minimum atomic E-state index is -1.69. The van der Waals surface area contributed by atoms with Gasteiger partial charge in [-0.3, -0.25) is 0 Å². The number of hydrogen-bond acceptors (Lipinski definition) is 2. The standard InChI is InChI=1S/C13H8Cl6O2/c1-20-5-3-4-6(21-2)8-7(5)11(16)9(14)10(15)12(8,17)13(11,18)19/h3-4H,1-2H3/t11-,12-/m0/s1. The molecule has 21 heavy (non-hydrogen) atoms. The predicted molar refractivity (Wildman–Crippen MR) is 87.8 cm³/mol. The van der Waals surface area contributed by atoms with Crippen LogP contribution in [0.25, 0.3) is 0 Å². The average molecular weight is 409 g/mol. The molecular weight excluding hydrogens is 401 g/mol. The summed E-state index contributed by atoms with van der Waals surface area (Å²) in [6.45, 7) is 0. The van der Waals surface area contributed by atoms with Crippen molar-refractivity contribution in [3.05, 3.63) is 33.3 Å². The third-order valence-corrected chi connectivity index (χ3v) is 8.00. The molecule has 0 aromatic heterocycles. The molecule has 1 aromatic rings. The van der Waals surface area contributed by atoms with Gasteiger partial charge < -0.3 is 9.47 Å². The van der Waals surface area contributed by atoms with Crippen molar-refractivity contribution >= 4 is 69.6 Å². The zero-order valence-corrected chi connectivity index (χ0v) is 15.3. The molecule has 2 aliphatic rings. The number of methoxy groups -OCH3 is 2. The first-order valence-electron chi connectivity index (χ1n) is 5.77. The van der Waals surface area contributed by atoms with E-state index in [9.17, 15) is 0 Å². The first-order chi connectivity index (χ1) is 9.69. The maximum absolute atomic E-state index is 6.71. The van der Waals surface area contributed by atoms with Crippen LogP contribution in [0.3, 0.4) is 0 Å². The zero-order chi connectivity index (χ0) is 15.8. The Morgan fingerprint density at radius 3 is 1.38 bits per heavy atom. The van der Waals surface area contributed by atoms with Crippen molar-refractivity contribution in [2.75, 3.05) is 14.2 Å². The lowest BCUT2D eigenvalue weighted by molar-refractivity contribution is 0.394. The fraction of sp³-hybridized carbons (Fsp3) is 0.385. The van der Waals surface area contributed by atoms with Gasteiger partial charge in [0.05, 0.1) is 24.3 Å². The van der Waals surface area contributed by atoms with E-state index in [4.69, 9.17) is 79.1 Å². The number of benzene rings is 1. The first kappa shape index (κ1) is 16.2. The van der Waals surface area contributed by atoms with Crippen molar-refractivity contribution in [2.24, 2.45) is 0 Å². The maximum atomic E-state index is 6.71. The van der Waals surface area contributed by atoms with Gasteiger partial charge in [-0.15, -0.1) is 23.2 Å². The molecule has 0 heterocycles.